The van der Waals surface area contributed by atoms with Gasteiger partial charge in [-0.3, -0.25) is 5.84 Å². The second-order valence-electron chi connectivity index (χ2n) is 4.22. The van der Waals surface area contributed by atoms with Gasteiger partial charge < -0.3 is 10.4 Å². The third kappa shape index (κ3) is 2.06. The van der Waals surface area contributed by atoms with Crippen molar-refractivity contribution in [3.05, 3.63) is 59.9 Å². The lowest BCUT2D eigenvalue weighted by Gasteiger charge is -1.97. The molecule has 0 radical (unpaired) electrons. The van der Waals surface area contributed by atoms with E-state index >= 15 is 0 Å². The van der Waals surface area contributed by atoms with Crippen molar-refractivity contribution in [2.45, 2.75) is 6.42 Å². The van der Waals surface area contributed by atoms with Crippen molar-refractivity contribution in [2.24, 2.45) is 5.84 Å². The molecule has 4 nitrogen and oxygen atoms in total. The van der Waals surface area contributed by atoms with Gasteiger partial charge in [0.2, 0.25) is 0 Å². The Labute approximate surface area is 105 Å². The Balaban J connectivity index is 1.94. The van der Waals surface area contributed by atoms with E-state index in [1.807, 2.05) is 36.4 Å². The van der Waals surface area contributed by atoms with E-state index in [4.69, 9.17) is 5.84 Å². The molecular formula is C14H14N4. The van der Waals surface area contributed by atoms with Crippen LogP contribution in [0.1, 0.15) is 11.4 Å². The summed E-state index contributed by atoms with van der Waals surface area (Å²) >= 11 is 0. The molecule has 0 bridgehead atoms. The summed E-state index contributed by atoms with van der Waals surface area (Å²) in [5.74, 6) is 6.35. The predicted molar refractivity (Wildman–Crippen MR) is 73.2 cm³/mol. The molecule has 4 heteroatoms. The van der Waals surface area contributed by atoms with Gasteiger partial charge in [0, 0.05) is 6.42 Å². The molecule has 4 N–H and O–H groups in total. The van der Waals surface area contributed by atoms with E-state index in [2.05, 4.69) is 27.5 Å². The lowest BCUT2D eigenvalue weighted by molar-refractivity contribution is 1.04. The van der Waals surface area contributed by atoms with Crippen LogP contribution in [0.4, 0.5) is 5.69 Å². The normalized spacial score (nSPS) is 10.7. The number of aromatic nitrogens is 2. The molecule has 1 aromatic heterocycles. The number of aromatic amines is 1. The molecule has 3 rings (SSSR count). The van der Waals surface area contributed by atoms with Gasteiger partial charge in [-0.1, -0.05) is 30.3 Å². The molecule has 0 amide bonds. The van der Waals surface area contributed by atoms with Gasteiger partial charge in [-0.2, -0.15) is 0 Å². The zero-order valence-electron chi connectivity index (χ0n) is 9.85. The molecule has 90 valence electrons. The highest BCUT2D eigenvalue weighted by molar-refractivity contribution is 5.79. The van der Waals surface area contributed by atoms with E-state index in [1.54, 1.807) is 0 Å². The van der Waals surface area contributed by atoms with Gasteiger partial charge in [0.05, 0.1) is 16.7 Å². The summed E-state index contributed by atoms with van der Waals surface area (Å²) in [4.78, 5) is 7.87. The summed E-state index contributed by atoms with van der Waals surface area (Å²) in [7, 11) is 0. The second-order valence-corrected chi connectivity index (χ2v) is 4.22. The van der Waals surface area contributed by atoms with Gasteiger partial charge in [-0.05, 0) is 23.8 Å². The number of rotatable bonds is 3. The molecule has 0 spiro atoms. The van der Waals surface area contributed by atoms with Crippen LogP contribution in [-0.4, -0.2) is 9.97 Å². The average molecular weight is 238 g/mol. The number of hydrogen-bond acceptors (Lipinski definition) is 3. The molecule has 0 aliphatic heterocycles. The maximum absolute atomic E-state index is 5.39. The van der Waals surface area contributed by atoms with Crippen molar-refractivity contribution >= 4 is 16.7 Å². The Morgan fingerprint density at radius 1 is 1.11 bits per heavy atom. The molecule has 18 heavy (non-hydrogen) atoms. The Morgan fingerprint density at radius 2 is 1.94 bits per heavy atom. The minimum absolute atomic E-state index is 0.806. The molecule has 2 aromatic carbocycles. The van der Waals surface area contributed by atoms with Crippen molar-refractivity contribution in [2.75, 3.05) is 5.43 Å². The predicted octanol–water partition coefficient (Wildman–Crippen LogP) is 2.44. The maximum Gasteiger partial charge on any atom is 0.111 e. The van der Waals surface area contributed by atoms with Crippen LogP contribution >= 0.6 is 0 Å². The molecule has 0 unspecified atom stereocenters. The summed E-state index contributed by atoms with van der Waals surface area (Å²) in [6, 6.07) is 16.1. The maximum atomic E-state index is 5.39. The first-order valence-corrected chi connectivity index (χ1v) is 5.84. The minimum atomic E-state index is 0.806. The summed E-state index contributed by atoms with van der Waals surface area (Å²) in [5, 5.41) is 0. The van der Waals surface area contributed by atoms with Gasteiger partial charge in [0.25, 0.3) is 0 Å². The molecule has 1 heterocycles. The SMILES string of the molecule is NNc1ccc2nc(Cc3ccccc3)[nH]c2c1. The number of fused-ring (bicyclic) bond motifs is 1. The van der Waals surface area contributed by atoms with Crippen molar-refractivity contribution < 1.29 is 0 Å². The number of H-pyrrole nitrogens is 1. The second kappa shape index (κ2) is 4.50. The molecule has 0 fully saturated rings. The smallest absolute Gasteiger partial charge is 0.111 e. The van der Waals surface area contributed by atoms with Crippen LogP contribution in [0.25, 0.3) is 11.0 Å². The lowest BCUT2D eigenvalue weighted by Crippen LogP contribution is -2.05. The van der Waals surface area contributed by atoms with Gasteiger partial charge in [0.15, 0.2) is 0 Å². The van der Waals surface area contributed by atoms with E-state index in [0.29, 0.717) is 0 Å². The fraction of sp³-hybridized carbons (Fsp3) is 0.0714. The summed E-state index contributed by atoms with van der Waals surface area (Å²) in [6.07, 6.45) is 0.806. The minimum Gasteiger partial charge on any atom is -0.342 e. The Kier molecular flexibility index (Phi) is 2.70. The van der Waals surface area contributed by atoms with Gasteiger partial charge in [0.1, 0.15) is 5.82 Å². The van der Waals surface area contributed by atoms with E-state index < -0.39 is 0 Å². The first-order valence-electron chi connectivity index (χ1n) is 5.84. The number of benzene rings is 2. The van der Waals surface area contributed by atoms with E-state index in [-0.39, 0.29) is 0 Å². The van der Waals surface area contributed by atoms with Crippen molar-refractivity contribution in [1.29, 1.82) is 0 Å². The van der Waals surface area contributed by atoms with Crippen LogP contribution in [0.2, 0.25) is 0 Å². The van der Waals surface area contributed by atoms with Gasteiger partial charge in [-0.25, -0.2) is 4.98 Å². The zero-order valence-corrected chi connectivity index (χ0v) is 9.85. The highest BCUT2D eigenvalue weighted by Crippen LogP contribution is 2.17. The number of anilines is 1. The molecular weight excluding hydrogens is 224 g/mol. The fourth-order valence-electron chi connectivity index (χ4n) is 2.03. The van der Waals surface area contributed by atoms with E-state index in [1.165, 1.54) is 5.56 Å². The van der Waals surface area contributed by atoms with Crippen LogP contribution < -0.4 is 11.3 Å². The molecule has 0 aliphatic carbocycles. The quantitative estimate of drug-likeness (QED) is 0.485. The van der Waals surface area contributed by atoms with E-state index in [9.17, 15) is 0 Å². The van der Waals surface area contributed by atoms with Crippen LogP contribution in [0.5, 0.6) is 0 Å². The third-order valence-electron chi connectivity index (χ3n) is 2.91. The molecule has 3 aromatic rings. The van der Waals surface area contributed by atoms with Gasteiger partial charge >= 0.3 is 0 Å². The average Bonchev–Trinajstić information content (AvgIpc) is 2.80. The van der Waals surface area contributed by atoms with Crippen molar-refractivity contribution in [1.82, 2.24) is 9.97 Å². The highest BCUT2D eigenvalue weighted by Gasteiger charge is 2.04. The Hall–Kier alpha value is -2.33. The monoisotopic (exact) mass is 238 g/mol. The Bertz CT molecular complexity index is 658. The molecule has 0 aliphatic rings. The zero-order chi connectivity index (χ0) is 12.4. The highest BCUT2D eigenvalue weighted by atomic mass is 15.2. The number of hydrazine groups is 1. The lowest BCUT2D eigenvalue weighted by atomic mass is 10.1. The number of nitrogen functional groups attached to an aromatic ring is 1. The number of nitrogens with zero attached hydrogens (tertiary/aromatic N) is 1. The topological polar surface area (TPSA) is 66.7 Å². The summed E-state index contributed by atoms with van der Waals surface area (Å²) < 4.78 is 0. The van der Waals surface area contributed by atoms with Crippen LogP contribution in [0, 0.1) is 0 Å². The molecule has 0 saturated heterocycles. The number of nitrogens with one attached hydrogen (secondary N) is 2. The van der Waals surface area contributed by atoms with Crippen molar-refractivity contribution in [3.8, 4) is 0 Å². The first kappa shape index (κ1) is 10.8. The fourth-order valence-corrected chi connectivity index (χ4v) is 2.03. The van der Waals surface area contributed by atoms with Gasteiger partial charge in [-0.15, -0.1) is 0 Å². The third-order valence-corrected chi connectivity index (χ3v) is 2.91. The molecule has 0 saturated carbocycles. The Morgan fingerprint density at radius 3 is 2.72 bits per heavy atom. The summed E-state index contributed by atoms with van der Waals surface area (Å²) in [6.45, 7) is 0. The largest absolute Gasteiger partial charge is 0.342 e. The van der Waals surface area contributed by atoms with Crippen molar-refractivity contribution in [3.63, 3.8) is 0 Å². The van der Waals surface area contributed by atoms with E-state index in [0.717, 1.165) is 29.0 Å². The number of imidazole rings is 1. The molecule has 0 atom stereocenters. The number of nitrogens with two attached hydrogens (primary N) is 1. The van der Waals surface area contributed by atoms with Crippen LogP contribution in [0.15, 0.2) is 48.5 Å². The van der Waals surface area contributed by atoms with Crippen LogP contribution in [-0.2, 0) is 6.42 Å². The van der Waals surface area contributed by atoms with Crippen LogP contribution in [0.3, 0.4) is 0 Å². The first-order chi connectivity index (χ1) is 8.85. The number of hydrogen-bond donors (Lipinski definition) is 3. The summed E-state index contributed by atoms with van der Waals surface area (Å²) in [5.41, 5.74) is 6.70. The standard InChI is InChI=1S/C14H14N4/c15-18-11-6-7-12-13(9-11)17-14(16-12)8-10-4-2-1-3-5-10/h1-7,9,18H,8,15H2,(H,16,17).